The van der Waals surface area contributed by atoms with Crippen molar-refractivity contribution in [2.24, 2.45) is 0 Å². The number of rotatable bonds is 4. The predicted molar refractivity (Wildman–Crippen MR) is 61.6 cm³/mol. The van der Waals surface area contributed by atoms with Gasteiger partial charge in [0.2, 0.25) is 0 Å². The average Bonchev–Trinajstić information content (AvgIpc) is 2.30. The first-order chi connectivity index (χ1) is 7.63. The van der Waals surface area contributed by atoms with Crippen LogP contribution in [0, 0.1) is 0 Å². The summed E-state index contributed by atoms with van der Waals surface area (Å²) in [5.41, 5.74) is 0.316. The number of aromatic hydroxyl groups is 1. The van der Waals surface area contributed by atoms with E-state index in [0.29, 0.717) is 10.0 Å². The summed E-state index contributed by atoms with van der Waals surface area (Å²) in [6.07, 6.45) is 0. The summed E-state index contributed by atoms with van der Waals surface area (Å²) in [4.78, 5) is 0. The third kappa shape index (κ3) is 5.36. The molecule has 0 radical (unpaired) electrons. The minimum atomic E-state index is -1.98. The summed E-state index contributed by atoms with van der Waals surface area (Å²) >= 11 is -3.13. The number of aliphatic hydroxyl groups is 1. The van der Waals surface area contributed by atoms with Gasteiger partial charge in [-0.15, -0.1) is 0 Å². The van der Waals surface area contributed by atoms with Crippen molar-refractivity contribution in [1.29, 1.82) is 0 Å². The van der Waals surface area contributed by atoms with Crippen LogP contribution in [0.3, 0.4) is 0 Å². The van der Waals surface area contributed by atoms with Crippen LogP contribution in [-0.4, -0.2) is 47.7 Å². The van der Waals surface area contributed by atoms with E-state index < -0.39 is 26.8 Å². The number of phenolic OH excluding ortho intramolecular Hbond substituents is 1. The van der Waals surface area contributed by atoms with E-state index in [-0.39, 0.29) is 11.6 Å². The summed E-state index contributed by atoms with van der Waals surface area (Å²) in [6, 6.07) is 4.43. The number of benzene rings is 1. The molecule has 4 N–H and O–H groups in total. The Bertz CT molecular complexity index is 373. The Kier molecular flexibility index (Phi) is 8.01. The molecule has 0 heterocycles. The van der Waals surface area contributed by atoms with Gasteiger partial charge in [0.05, 0.1) is 0 Å². The monoisotopic (exact) mass is 309 g/mol. The van der Waals surface area contributed by atoms with Crippen LogP contribution < -0.4 is 9.67 Å². The molecular formula is C8H12AsNO5S. The van der Waals surface area contributed by atoms with Gasteiger partial charge >= 0.3 is 89.6 Å². The van der Waals surface area contributed by atoms with E-state index in [1.807, 2.05) is 0 Å². The third-order valence-corrected chi connectivity index (χ3v) is 2.89. The first kappa shape index (κ1) is 15.2. The molecule has 6 nitrogen and oxygen atoms in total. The van der Waals surface area contributed by atoms with Crippen molar-refractivity contribution >= 4 is 36.8 Å². The summed E-state index contributed by atoms with van der Waals surface area (Å²) in [5, 5.41) is 18.9. The average molecular weight is 309 g/mol. The minimum absolute atomic E-state index is 0.0335. The summed E-state index contributed by atoms with van der Waals surface area (Å²) in [7, 11) is 1.00. The normalized spacial score (nSPS) is 11.4. The van der Waals surface area contributed by atoms with E-state index in [0.717, 1.165) is 7.11 Å². The second kappa shape index (κ2) is 8.41. The molecule has 1 aromatic rings. The van der Waals surface area contributed by atoms with Crippen molar-refractivity contribution in [1.82, 2.24) is 0 Å². The molecule has 0 fully saturated rings. The van der Waals surface area contributed by atoms with E-state index in [2.05, 4.69) is 5.32 Å². The van der Waals surface area contributed by atoms with Crippen molar-refractivity contribution in [2.45, 2.75) is 0 Å². The number of aliphatic hydroxyl groups excluding tert-OH is 1. The van der Waals surface area contributed by atoms with Gasteiger partial charge in [-0.25, -0.2) is 0 Å². The van der Waals surface area contributed by atoms with Gasteiger partial charge in [0.25, 0.3) is 0 Å². The zero-order valence-electron chi connectivity index (χ0n) is 8.45. The Morgan fingerprint density at radius 2 is 2.06 bits per heavy atom. The van der Waals surface area contributed by atoms with Gasteiger partial charge in [0, 0.05) is 7.11 Å². The molecule has 0 saturated carbocycles. The fourth-order valence-corrected chi connectivity index (χ4v) is 1.81. The molecule has 1 rings (SSSR count). The van der Waals surface area contributed by atoms with Crippen LogP contribution in [-0.2, 0) is 14.8 Å². The molecule has 0 aromatic heterocycles. The van der Waals surface area contributed by atoms with Gasteiger partial charge in [0.15, 0.2) is 0 Å². The maximum absolute atomic E-state index is 10.6. The first-order valence-corrected chi connectivity index (χ1v) is 7.04. The quantitative estimate of drug-likeness (QED) is 0.332. The fraction of sp³-hybridized carbons (Fsp3) is 0.250. The maximum atomic E-state index is 10.6. The number of phenols is 1. The van der Waals surface area contributed by atoms with Crippen molar-refractivity contribution < 1.29 is 22.7 Å². The summed E-state index contributed by atoms with van der Waals surface area (Å²) < 4.78 is 30.1. The molecule has 16 heavy (non-hydrogen) atoms. The van der Waals surface area contributed by atoms with Crippen LogP contribution >= 0.6 is 0 Å². The van der Waals surface area contributed by atoms with Gasteiger partial charge in [-0.2, -0.15) is 0 Å². The SMILES string of the molecule is CO.O=[As]c1ccc(O)c(NCS(=O)O)c1. The molecule has 0 aliphatic rings. The molecule has 0 aliphatic heterocycles. The Morgan fingerprint density at radius 1 is 1.44 bits per heavy atom. The van der Waals surface area contributed by atoms with Crippen molar-refractivity contribution in [3.63, 3.8) is 0 Å². The number of hydrogen-bond donors (Lipinski definition) is 4. The molecule has 1 unspecified atom stereocenters. The van der Waals surface area contributed by atoms with Gasteiger partial charge in [-0.1, -0.05) is 0 Å². The number of nitrogens with one attached hydrogen (secondary N) is 1. The molecule has 8 heteroatoms. The van der Waals surface area contributed by atoms with Gasteiger partial charge in [-0.3, -0.25) is 0 Å². The zero-order valence-corrected chi connectivity index (χ0v) is 11.1. The molecular weight excluding hydrogens is 297 g/mol. The van der Waals surface area contributed by atoms with Crippen molar-refractivity contribution in [2.75, 3.05) is 18.3 Å². The van der Waals surface area contributed by atoms with E-state index >= 15 is 0 Å². The molecule has 1 aromatic carbocycles. The summed E-state index contributed by atoms with van der Waals surface area (Å²) in [6.45, 7) is 0. The second-order valence-electron chi connectivity index (χ2n) is 2.44. The van der Waals surface area contributed by atoms with E-state index in [4.69, 9.17) is 9.66 Å². The predicted octanol–water partition coefficient (Wildman–Crippen LogP) is -0.733. The zero-order chi connectivity index (χ0) is 12.6. The van der Waals surface area contributed by atoms with Crippen molar-refractivity contribution in [3.05, 3.63) is 18.2 Å². The fourth-order valence-electron chi connectivity index (χ4n) is 0.862. The van der Waals surface area contributed by atoms with Crippen LogP contribution in [0.25, 0.3) is 0 Å². The molecule has 0 saturated heterocycles. The number of hydrogen-bond acceptors (Lipinski definition) is 5. The van der Waals surface area contributed by atoms with E-state index in [9.17, 15) is 13.1 Å². The molecule has 0 bridgehead atoms. The first-order valence-electron chi connectivity index (χ1n) is 4.06. The van der Waals surface area contributed by atoms with Gasteiger partial charge < -0.3 is 5.11 Å². The van der Waals surface area contributed by atoms with Crippen molar-refractivity contribution in [3.8, 4) is 5.75 Å². The Morgan fingerprint density at radius 3 is 2.56 bits per heavy atom. The van der Waals surface area contributed by atoms with E-state index in [1.165, 1.54) is 12.1 Å². The van der Waals surface area contributed by atoms with E-state index in [1.54, 1.807) is 6.07 Å². The van der Waals surface area contributed by atoms with Gasteiger partial charge in [-0.05, 0) is 0 Å². The van der Waals surface area contributed by atoms with Crippen LogP contribution in [0.15, 0.2) is 18.2 Å². The van der Waals surface area contributed by atoms with Crippen LogP contribution in [0.2, 0.25) is 0 Å². The molecule has 0 aliphatic carbocycles. The molecule has 90 valence electrons. The Hall–Kier alpha value is -0.752. The summed E-state index contributed by atoms with van der Waals surface area (Å²) in [5.74, 6) is -0.208. The van der Waals surface area contributed by atoms with Crippen LogP contribution in [0.5, 0.6) is 5.75 Å². The topological polar surface area (TPSA) is 107 Å². The number of anilines is 1. The Balaban J connectivity index is 0.00000106. The second-order valence-corrected chi connectivity index (χ2v) is 4.83. The van der Waals surface area contributed by atoms with Crippen LogP contribution in [0.1, 0.15) is 0 Å². The van der Waals surface area contributed by atoms with Crippen LogP contribution in [0.4, 0.5) is 5.69 Å². The molecule has 0 amide bonds. The molecule has 1 atom stereocenters. The van der Waals surface area contributed by atoms with Gasteiger partial charge in [0.1, 0.15) is 0 Å². The molecule has 0 spiro atoms. The third-order valence-electron chi connectivity index (χ3n) is 1.47. The standard InChI is InChI=1S/C7H8AsNO4S.CH4O/c10-7-2-1-5(8-11)3-6(7)9-4-14(12)13;1-2/h1-3,9-10H,4H2,(H,12,13);2H,1H3. The Labute approximate surface area is 102 Å².